The molecule has 2 unspecified atom stereocenters. The number of hydrogen-bond donors (Lipinski definition) is 1. The second-order valence-electron chi connectivity index (χ2n) is 3.57. The first-order chi connectivity index (χ1) is 6.68. The molecule has 76 valence electrons. The highest BCUT2D eigenvalue weighted by Gasteiger charge is 2.35. The third kappa shape index (κ3) is 1.53. The number of esters is 1. The first-order valence-electron chi connectivity index (χ1n) is 4.59. The summed E-state index contributed by atoms with van der Waals surface area (Å²) in [5, 5.41) is 9.59. The fraction of sp³-hybridized carbons (Fsp3) is 0.500. The molecule has 1 aromatic rings. The molecule has 2 heterocycles. The third-order valence-corrected chi connectivity index (χ3v) is 2.58. The molecule has 1 aromatic heterocycles. The molecule has 1 saturated heterocycles. The van der Waals surface area contributed by atoms with Crippen LogP contribution < -0.4 is 0 Å². The van der Waals surface area contributed by atoms with Crippen LogP contribution in [0.15, 0.2) is 23.0 Å². The summed E-state index contributed by atoms with van der Waals surface area (Å²) in [6.45, 7) is 1.67. The van der Waals surface area contributed by atoms with Crippen LogP contribution in [0, 0.1) is 5.92 Å². The lowest BCUT2D eigenvalue weighted by atomic mass is 9.94. The van der Waals surface area contributed by atoms with Crippen molar-refractivity contribution in [3.63, 3.8) is 0 Å². The van der Waals surface area contributed by atoms with E-state index in [2.05, 4.69) is 0 Å². The Morgan fingerprint density at radius 3 is 2.93 bits per heavy atom. The van der Waals surface area contributed by atoms with Gasteiger partial charge in [0.1, 0.15) is 6.10 Å². The van der Waals surface area contributed by atoms with E-state index >= 15 is 0 Å². The van der Waals surface area contributed by atoms with Crippen molar-refractivity contribution in [3.8, 4) is 0 Å². The number of aliphatic hydroxyl groups is 1. The maximum atomic E-state index is 11.3. The molecule has 0 amide bonds. The lowest BCUT2D eigenvalue weighted by molar-refractivity contribution is -0.169. The minimum atomic E-state index is -0.629. The van der Waals surface area contributed by atoms with Crippen LogP contribution in [0.1, 0.15) is 25.0 Å². The zero-order chi connectivity index (χ0) is 10.1. The van der Waals surface area contributed by atoms with Crippen LogP contribution in [0.3, 0.4) is 0 Å². The molecule has 1 aliphatic rings. The fourth-order valence-electron chi connectivity index (χ4n) is 1.54. The summed E-state index contributed by atoms with van der Waals surface area (Å²) in [4.78, 5) is 11.3. The number of hydrogen-bond acceptors (Lipinski definition) is 4. The molecule has 1 aliphatic heterocycles. The van der Waals surface area contributed by atoms with E-state index in [9.17, 15) is 9.90 Å². The summed E-state index contributed by atoms with van der Waals surface area (Å²) in [7, 11) is 0. The lowest BCUT2D eigenvalue weighted by Crippen LogP contribution is -2.35. The van der Waals surface area contributed by atoms with Crippen LogP contribution in [0.5, 0.6) is 0 Å². The van der Waals surface area contributed by atoms with Crippen LogP contribution in [-0.4, -0.2) is 17.2 Å². The molecule has 0 radical (unpaired) electrons. The molecule has 4 nitrogen and oxygen atoms in total. The second-order valence-corrected chi connectivity index (χ2v) is 3.57. The van der Waals surface area contributed by atoms with Gasteiger partial charge in [0, 0.05) is 12.0 Å². The largest absolute Gasteiger partial charge is 0.472 e. The van der Waals surface area contributed by atoms with E-state index in [1.54, 1.807) is 13.0 Å². The van der Waals surface area contributed by atoms with Gasteiger partial charge in [-0.1, -0.05) is 0 Å². The molecule has 0 aliphatic carbocycles. The second kappa shape index (κ2) is 3.46. The van der Waals surface area contributed by atoms with E-state index in [4.69, 9.17) is 9.15 Å². The predicted octanol–water partition coefficient (Wildman–Crippen LogP) is 1.26. The summed E-state index contributed by atoms with van der Waals surface area (Å²) in [5.74, 6) is -0.784. The van der Waals surface area contributed by atoms with Crippen molar-refractivity contribution in [3.05, 3.63) is 24.2 Å². The van der Waals surface area contributed by atoms with Crippen molar-refractivity contribution in [2.75, 3.05) is 0 Å². The van der Waals surface area contributed by atoms with Gasteiger partial charge in [-0.15, -0.1) is 0 Å². The average Bonchev–Trinajstić information content (AvgIpc) is 2.66. The normalized spacial score (nSPS) is 32.7. The van der Waals surface area contributed by atoms with Crippen molar-refractivity contribution in [2.24, 2.45) is 5.92 Å². The van der Waals surface area contributed by atoms with Gasteiger partial charge < -0.3 is 14.3 Å². The topological polar surface area (TPSA) is 59.7 Å². The highest BCUT2D eigenvalue weighted by molar-refractivity contribution is 5.73. The Kier molecular flexibility index (Phi) is 2.29. The van der Waals surface area contributed by atoms with Crippen LogP contribution in [-0.2, 0) is 9.53 Å². The number of carbonyl (C=O) groups excluding carboxylic acids is 1. The average molecular weight is 196 g/mol. The summed E-state index contributed by atoms with van der Waals surface area (Å²) < 4.78 is 10.0. The maximum absolute atomic E-state index is 11.3. The van der Waals surface area contributed by atoms with E-state index in [0.29, 0.717) is 6.42 Å². The Morgan fingerprint density at radius 2 is 2.36 bits per heavy atom. The van der Waals surface area contributed by atoms with Crippen LogP contribution in [0.25, 0.3) is 0 Å². The summed E-state index contributed by atoms with van der Waals surface area (Å²) in [6.07, 6.45) is 2.49. The molecule has 4 heteroatoms. The van der Waals surface area contributed by atoms with Crippen LogP contribution in [0.4, 0.5) is 0 Å². The summed E-state index contributed by atoms with van der Waals surface area (Å²) in [6, 6.07) is 1.74. The van der Waals surface area contributed by atoms with Gasteiger partial charge in [0.2, 0.25) is 0 Å². The Labute approximate surface area is 81.5 Å². The Hall–Kier alpha value is -1.29. The monoisotopic (exact) mass is 196 g/mol. The fourth-order valence-corrected chi connectivity index (χ4v) is 1.54. The zero-order valence-electron chi connectivity index (χ0n) is 7.84. The van der Waals surface area contributed by atoms with Gasteiger partial charge in [-0.3, -0.25) is 4.79 Å². The molecule has 14 heavy (non-hydrogen) atoms. The Bertz CT molecular complexity index is 317. The van der Waals surface area contributed by atoms with Gasteiger partial charge in [0.05, 0.1) is 24.5 Å². The first kappa shape index (κ1) is 9.27. The number of aliphatic hydroxyl groups excluding tert-OH is 1. The van der Waals surface area contributed by atoms with Gasteiger partial charge in [0.25, 0.3) is 0 Å². The lowest BCUT2D eigenvalue weighted by Gasteiger charge is -2.29. The number of cyclic esters (lactones) is 1. The van der Waals surface area contributed by atoms with E-state index in [1.165, 1.54) is 12.5 Å². The summed E-state index contributed by atoms with van der Waals surface area (Å²) >= 11 is 0. The Morgan fingerprint density at radius 1 is 1.57 bits per heavy atom. The van der Waals surface area contributed by atoms with E-state index in [0.717, 1.165) is 5.56 Å². The van der Waals surface area contributed by atoms with Crippen molar-refractivity contribution in [1.82, 2.24) is 0 Å². The molecule has 0 aromatic carbocycles. The van der Waals surface area contributed by atoms with Gasteiger partial charge >= 0.3 is 5.97 Å². The van der Waals surface area contributed by atoms with Crippen molar-refractivity contribution in [1.29, 1.82) is 0 Å². The van der Waals surface area contributed by atoms with Gasteiger partial charge in [-0.05, 0) is 13.0 Å². The number of carbonyl (C=O) groups is 1. The van der Waals surface area contributed by atoms with Crippen molar-refractivity contribution < 1.29 is 19.1 Å². The number of furan rings is 1. The van der Waals surface area contributed by atoms with Gasteiger partial charge in [-0.2, -0.15) is 0 Å². The van der Waals surface area contributed by atoms with Gasteiger partial charge in [-0.25, -0.2) is 0 Å². The molecule has 0 spiro atoms. The molecular formula is C10H12O4. The van der Waals surface area contributed by atoms with E-state index < -0.39 is 12.0 Å². The van der Waals surface area contributed by atoms with E-state index in [1.807, 2.05) is 0 Å². The highest BCUT2D eigenvalue weighted by Crippen LogP contribution is 2.31. The highest BCUT2D eigenvalue weighted by atomic mass is 16.5. The quantitative estimate of drug-likeness (QED) is 0.687. The third-order valence-electron chi connectivity index (χ3n) is 2.58. The standard InChI is InChI=1S/C10H12O4/c1-6-8(11)4-9(14-10(6)12)7-2-3-13-5-7/h2-3,5-6,8-9,11H,4H2,1H3/t6?,8?,9-/m1/s1. The molecule has 1 N–H and O–H groups in total. The van der Waals surface area contributed by atoms with Crippen molar-refractivity contribution >= 4 is 5.97 Å². The minimum absolute atomic E-state index is 0.352. The van der Waals surface area contributed by atoms with Crippen LogP contribution >= 0.6 is 0 Å². The first-order valence-corrected chi connectivity index (χ1v) is 4.59. The van der Waals surface area contributed by atoms with Crippen molar-refractivity contribution in [2.45, 2.75) is 25.6 Å². The molecule has 2 rings (SSSR count). The molecule has 0 saturated carbocycles. The molecule has 1 fully saturated rings. The smallest absolute Gasteiger partial charge is 0.311 e. The zero-order valence-corrected chi connectivity index (χ0v) is 7.84. The molecular weight excluding hydrogens is 184 g/mol. The number of rotatable bonds is 1. The maximum Gasteiger partial charge on any atom is 0.311 e. The Balaban J connectivity index is 2.13. The van der Waals surface area contributed by atoms with Gasteiger partial charge in [0.15, 0.2) is 0 Å². The minimum Gasteiger partial charge on any atom is -0.472 e. The molecule has 0 bridgehead atoms. The number of ether oxygens (including phenoxy) is 1. The van der Waals surface area contributed by atoms with E-state index in [-0.39, 0.29) is 12.1 Å². The predicted molar refractivity (Wildman–Crippen MR) is 47.3 cm³/mol. The van der Waals surface area contributed by atoms with Crippen LogP contribution in [0.2, 0.25) is 0 Å². The SMILES string of the molecule is CC1C(=O)O[C@@H](c2ccoc2)CC1O. The summed E-state index contributed by atoms with van der Waals surface area (Å²) in [5.41, 5.74) is 0.796. The molecule has 3 atom stereocenters.